The van der Waals surface area contributed by atoms with Crippen molar-refractivity contribution in [1.82, 2.24) is 0 Å². The van der Waals surface area contributed by atoms with Gasteiger partial charge < -0.3 is 5.32 Å². The fraction of sp³-hybridized carbons (Fsp3) is 0.455. The second kappa shape index (κ2) is 4.85. The van der Waals surface area contributed by atoms with Gasteiger partial charge in [0.15, 0.2) is 0 Å². The summed E-state index contributed by atoms with van der Waals surface area (Å²) >= 11 is 0. The van der Waals surface area contributed by atoms with E-state index in [0.717, 1.165) is 18.7 Å². The predicted octanol–water partition coefficient (Wildman–Crippen LogP) is 3.28. The maximum Gasteiger partial charge on any atom is 0.123 e. The molecule has 0 heterocycles. The predicted molar refractivity (Wildman–Crippen MR) is 54.3 cm³/mol. The molecule has 0 saturated carbocycles. The van der Waals surface area contributed by atoms with Crippen LogP contribution in [0.5, 0.6) is 0 Å². The molecule has 2 heteroatoms. The van der Waals surface area contributed by atoms with E-state index in [1.54, 1.807) is 12.1 Å². The summed E-state index contributed by atoms with van der Waals surface area (Å²) in [5, 5.41) is 3.26. The van der Waals surface area contributed by atoms with E-state index in [0.29, 0.717) is 5.92 Å². The molecule has 0 spiro atoms. The molecule has 1 rings (SSSR count). The Morgan fingerprint density at radius 1 is 1.31 bits per heavy atom. The lowest BCUT2D eigenvalue weighted by molar-refractivity contribution is 0.593. The van der Waals surface area contributed by atoms with Crippen LogP contribution in [-0.4, -0.2) is 6.54 Å². The van der Waals surface area contributed by atoms with E-state index in [2.05, 4.69) is 19.2 Å². The highest BCUT2D eigenvalue weighted by atomic mass is 19.1. The Kier molecular flexibility index (Phi) is 3.74. The minimum Gasteiger partial charge on any atom is -0.385 e. The Bertz CT molecular complexity index is 243. The summed E-state index contributed by atoms with van der Waals surface area (Å²) < 4.78 is 12.5. The number of benzene rings is 1. The van der Waals surface area contributed by atoms with Gasteiger partial charge in [-0.1, -0.05) is 20.3 Å². The molecular formula is C11H16FN. The number of nitrogens with one attached hydrogen (secondary N) is 1. The SMILES string of the molecule is CC[C@@H](C)CNc1ccc(F)cc1. The summed E-state index contributed by atoms with van der Waals surface area (Å²) in [6.45, 7) is 5.30. The summed E-state index contributed by atoms with van der Waals surface area (Å²) in [6, 6.07) is 6.47. The zero-order valence-electron chi connectivity index (χ0n) is 8.18. The standard InChI is InChI=1S/C11H16FN/c1-3-9(2)8-13-11-6-4-10(12)5-7-11/h4-7,9,13H,3,8H2,1-2H3/t9-/m1/s1. The quantitative estimate of drug-likeness (QED) is 0.751. The lowest BCUT2D eigenvalue weighted by atomic mass is 10.1. The van der Waals surface area contributed by atoms with E-state index in [1.165, 1.54) is 12.1 Å². The Balaban J connectivity index is 2.41. The molecule has 0 saturated heterocycles. The first-order valence-corrected chi connectivity index (χ1v) is 4.71. The molecule has 13 heavy (non-hydrogen) atoms. The van der Waals surface area contributed by atoms with Gasteiger partial charge in [0, 0.05) is 12.2 Å². The zero-order chi connectivity index (χ0) is 9.68. The van der Waals surface area contributed by atoms with E-state index >= 15 is 0 Å². The van der Waals surface area contributed by atoms with Crippen LogP contribution in [0.25, 0.3) is 0 Å². The first kappa shape index (κ1) is 10.0. The first-order chi connectivity index (χ1) is 6.22. The maximum atomic E-state index is 12.5. The van der Waals surface area contributed by atoms with E-state index in [1.807, 2.05) is 0 Å². The maximum absolute atomic E-state index is 12.5. The molecule has 72 valence electrons. The van der Waals surface area contributed by atoms with Crippen LogP contribution in [0, 0.1) is 11.7 Å². The molecule has 0 aliphatic heterocycles. The number of hydrogen-bond donors (Lipinski definition) is 1. The van der Waals surface area contributed by atoms with Gasteiger partial charge in [0.2, 0.25) is 0 Å². The lowest BCUT2D eigenvalue weighted by Gasteiger charge is -2.10. The average molecular weight is 181 g/mol. The van der Waals surface area contributed by atoms with Gasteiger partial charge >= 0.3 is 0 Å². The van der Waals surface area contributed by atoms with Crippen molar-refractivity contribution in [2.45, 2.75) is 20.3 Å². The molecular weight excluding hydrogens is 165 g/mol. The minimum atomic E-state index is -0.186. The van der Waals surface area contributed by atoms with E-state index in [-0.39, 0.29) is 5.82 Å². The van der Waals surface area contributed by atoms with Crippen molar-refractivity contribution in [1.29, 1.82) is 0 Å². The highest BCUT2D eigenvalue weighted by Crippen LogP contribution is 2.09. The third-order valence-electron chi connectivity index (χ3n) is 2.20. The largest absolute Gasteiger partial charge is 0.385 e. The topological polar surface area (TPSA) is 12.0 Å². The minimum absolute atomic E-state index is 0.186. The van der Waals surface area contributed by atoms with Gasteiger partial charge in [-0.25, -0.2) is 4.39 Å². The van der Waals surface area contributed by atoms with Crippen LogP contribution in [0.4, 0.5) is 10.1 Å². The molecule has 0 aliphatic rings. The van der Waals surface area contributed by atoms with Crippen LogP contribution in [-0.2, 0) is 0 Å². The molecule has 1 aromatic rings. The van der Waals surface area contributed by atoms with Crippen molar-refractivity contribution in [3.8, 4) is 0 Å². The van der Waals surface area contributed by atoms with Crippen molar-refractivity contribution in [3.05, 3.63) is 30.1 Å². The number of hydrogen-bond acceptors (Lipinski definition) is 1. The second-order valence-corrected chi connectivity index (χ2v) is 3.40. The van der Waals surface area contributed by atoms with Gasteiger partial charge in [-0.05, 0) is 30.2 Å². The zero-order valence-corrected chi connectivity index (χ0v) is 8.18. The van der Waals surface area contributed by atoms with Crippen LogP contribution >= 0.6 is 0 Å². The van der Waals surface area contributed by atoms with E-state index in [9.17, 15) is 4.39 Å². The normalized spacial score (nSPS) is 12.5. The van der Waals surface area contributed by atoms with Gasteiger partial charge in [0.05, 0.1) is 0 Å². The molecule has 1 N–H and O–H groups in total. The summed E-state index contributed by atoms with van der Waals surface area (Å²) in [7, 11) is 0. The molecule has 0 aliphatic carbocycles. The highest BCUT2D eigenvalue weighted by Gasteiger charge is 1.98. The van der Waals surface area contributed by atoms with Gasteiger partial charge in [0.25, 0.3) is 0 Å². The fourth-order valence-electron chi connectivity index (χ4n) is 1.00. The summed E-state index contributed by atoms with van der Waals surface area (Å²) in [6.07, 6.45) is 1.16. The van der Waals surface area contributed by atoms with Crippen molar-refractivity contribution >= 4 is 5.69 Å². The number of halogens is 1. The van der Waals surface area contributed by atoms with Crippen molar-refractivity contribution < 1.29 is 4.39 Å². The van der Waals surface area contributed by atoms with Crippen LogP contribution in [0.1, 0.15) is 20.3 Å². The van der Waals surface area contributed by atoms with Crippen molar-refractivity contribution in [2.24, 2.45) is 5.92 Å². The van der Waals surface area contributed by atoms with Gasteiger partial charge in [-0.3, -0.25) is 0 Å². The summed E-state index contributed by atoms with van der Waals surface area (Å²) in [5.74, 6) is 0.471. The van der Waals surface area contributed by atoms with Crippen LogP contribution < -0.4 is 5.32 Å². The highest BCUT2D eigenvalue weighted by molar-refractivity contribution is 5.42. The molecule has 0 unspecified atom stereocenters. The van der Waals surface area contributed by atoms with Crippen LogP contribution in [0.2, 0.25) is 0 Å². The molecule has 0 radical (unpaired) electrons. The molecule has 1 nitrogen and oxygen atoms in total. The lowest BCUT2D eigenvalue weighted by Crippen LogP contribution is -2.09. The average Bonchev–Trinajstić information content (AvgIpc) is 2.16. The Hall–Kier alpha value is -1.05. The van der Waals surface area contributed by atoms with Crippen molar-refractivity contribution in [3.63, 3.8) is 0 Å². The van der Waals surface area contributed by atoms with E-state index in [4.69, 9.17) is 0 Å². The Morgan fingerprint density at radius 2 is 1.92 bits per heavy atom. The van der Waals surface area contributed by atoms with Gasteiger partial charge in [-0.15, -0.1) is 0 Å². The third-order valence-corrected chi connectivity index (χ3v) is 2.20. The Morgan fingerprint density at radius 3 is 2.46 bits per heavy atom. The van der Waals surface area contributed by atoms with Gasteiger partial charge in [-0.2, -0.15) is 0 Å². The molecule has 1 aromatic carbocycles. The van der Waals surface area contributed by atoms with E-state index < -0.39 is 0 Å². The van der Waals surface area contributed by atoms with Crippen LogP contribution in [0.3, 0.4) is 0 Å². The summed E-state index contributed by atoms with van der Waals surface area (Å²) in [5.41, 5.74) is 0.988. The molecule has 1 atom stereocenters. The van der Waals surface area contributed by atoms with Gasteiger partial charge in [0.1, 0.15) is 5.82 Å². The number of anilines is 1. The van der Waals surface area contributed by atoms with Crippen molar-refractivity contribution in [2.75, 3.05) is 11.9 Å². The molecule has 0 fully saturated rings. The number of rotatable bonds is 4. The molecule has 0 aromatic heterocycles. The monoisotopic (exact) mass is 181 g/mol. The fourth-order valence-corrected chi connectivity index (χ4v) is 1.00. The first-order valence-electron chi connectivity index (χ1n) is 4.71. The second-order valence-electron chi connectivity index (χ2n) is 3.40. The van der Waals surface area contributed by atoms with Crippen LogP contribution in [0.15, 0.2) is 24.3 Å². The smallest absolute Gasteiger partial charge is 0.123 e. The third kappa shape index (κ3) is 3.45. The molecule has 0 bridgehead atoms. The summed E-state index contributed by atoms with van der Waals surface area (Å²) in [4.78, 5) is 0. The molecule has 0 amide bonds. The Labute approximate surface area is 79.0 Å².